The monoisotopic (exact) mass is 456 g/mol. The van der Waals surface area contributed by atoms with Crippen LogP contribution in [0.5, 0.6) is 0 Å². The van der Waals surface area contributed by atoms with Gasteiger partial charge in [-0.05, 0) is 19.3 Å². The van der Waals surface area contributed by atoms with Gasteiger partial charge in [0.1, 0.15) is 0 Å². The fraction of sp³-hybridized carbons (Fsp3) is 1.00. The van der Waals surface area contributed by atoms with Crippen molar-refractivity contribution in [1.29, 1.82) is 0 Å². The van der Waals surface area contributed by atoms with E-state index in [2.05, 4.69) is 6.92 Å². The standard InChI is InChI=1S/C24H50O4S.Na/c1-3-5-7-8-9-10-11-12-13-14-15-16-17-19-20-23(25)22-24(29(26,27)28)21-18-6-4-2;/h23-25H,3-22H2,1-2H3,(H,26,27,28);/q;+1/p-1. The second kappa shape index (κ2) is 23.0. The molecule has 30 heavy (non-hydrogen) atoms. The van der Waals surface area contributed by atoms with Crippen molar-refractivity contribution >= 4 is 10.1 Å². The Labute approximate surface area is 210 Å². The van der Waals surface area contributed by atoms with E-state index in [9.17, 15) is 18.1 Å². The Morgan fingerprint density at radius 1 is 0.633 bits per heavy atom. The Bertz CT molecular complexity index is 442. The van der Waals surface area contributed by atoms with Gasteiger partial charge in [0.15, 0.2) is 0 Å². The van der Waals surface area contributed by atoms with Crippen LogP contribution in [0.25, 0.3) is 0 Å². The number of hydrogen-bond donors (Lipinski definition) is 1. The largest absolute Gasteiger partial charge is 1.00 e. The molecule has 2 unspecified atom stereocenters. The van der Waals surface area contributed by atoms with E-state index >= 15 is 0 Å². The summed E-state index contributed by atoms with van der Waals surface area (Å²) in [4.78, 5) is 0. The maximum Gasteiger partial charge on any atom is 1.00 e. The van der Waals surface area contributed by atoms with Gasteiger partial charge in [-0.3, -0.25) is 0 Å². The van der Waals surface area contributed by atoms with Crippen LogP contribution in [0, 0.1) is 0 Å². The van der Waals surface area contributed by atoms with Crippen molar-refractivity contribution < 1.29 is 47.6 Å². The predicted molar refractivity (Wildman–Crippen MR) is 123 cm³/mol. The molecule has 0 saturated carbocycles. The SMILES string of the molecule is CCCCCCCCCCCCCCCCC(O)CC(CCCCC)S(=O)(=O)[O-].[Na+]. The third-order valence-electron chi connectivity index (χ3n) is 5.96. The van der Waals surface area contributed by atoms with Gasteiger partial charge in [-0.15, -0.1) is 0 Å². The minimum absolute atomic E-state index is 0. The second-order valence-corrected chi connectivity index (χ2v) is 10.5. The van der Waals surface area contributed by atoms with Crippen molar-refractivity contribution in [2.75, 3.05) is 0 Å². The molecular weight excluding hydrogens is 407 g/mol. The maximum absolute atomic E-state index is 11.4. The Kier molecular flexibility index (Phi) is 25.4. The summed E-state index contributed by atoms with van der Waals surface area (Å²) >= 11 is 0. The molecule has 0 aliphatic heterocycles. The third-order valence-corrected chi connectivity index (χ3v) is 7.21. The molecule has 0 spiro atoms. The van der Waals surface area contributed by atoms with Gasteiger partial charge in [-0.2, -0.15) is 0 Å². The number of hydrogen-bond acceptors (Lipinski definition) is 4. The van der Waals surface area contributed by atoms with Crippen LogP contribution in [0.4, 0.5) is 0 Å². The van der Waals surface area contributed by atoms with E-state index in [4.69, 9.17) is 0 Å². The number of aliphatic hydroxyl groups excluding tert-OH is 1. The minimum atomic E-state index is -4.31. The van der Waals surface area contributed by atoms with Crippen molar-refractivity contribution in [1.82, 2.24) is 0 Å². The normalized spacial score (nSPS) is 13.7. The van der Waals surface area contributed by atoms with Crippen molar-refractivity contribution in [2.45, 2.75) is 154 Å². The smallest absolute Gasteiger partial charge is 0.748 e. The van der Waals surface area contributed by atoms with E-state index in [1.807, 2.05) is 6.92 Å². The summed E-state index contributed by atoms with van der Waals surface area (Å²) in [5.41, 5.74) is 0. The molecule has 0 aliphatic rings. The van der Waals surface area contributed by atoms with Crippen LogP contribution < -0.4 is 29.6 Å². The van der Waals surface area contributed by atoms with E-state index in [0.29, 0.717) is 12.8 Å². The first-order valence-electron chi connectivity index (χ1n) is 12.5. The maximum atomic E-state index is 11.4. The van der Waals surface area contributed by atoms with Gasteiger partial charge >= 0.3 is 29.6 Å². The molecule has 6 heteroatoms. The Morgan fingerprint density at radius 3 is 1.37 bits per heavy atom. The van der Waals surface area contributed by atoms with Crippen molar-refractivity contribution in [3.63, 3.8) is 0 Å². The molecule has 1 N–H and O–H groups in total. The molecule has 0 heterocycles. The molecule has 2 atom stereocenters. The summed E-state index contributed by atoms with van der Waals surface area (Å²) in [6.07, 6.45) is 21.2. The summed E-state index contributed by atoms with van der Waals surface area (Å²) in [7, 11) is -4.31. The molecule has 0 fully saturated rings. The van der Waals surface area contributed by atoms with Crippen LogP contribution >= 0.6 is 0 Å². The molecule has 4 nitrogen and oxygen atoms in total. The first kappa shape index (κ1) is 33.0. The fourth-order valence-electron chi connectivity index (χ4n) is 4.00. The summed E-state index contributed by atoms with van der Waals surface area (Å²) in [6, 6.07) is 0. The van der Waals surface area contributed by atoms with E-state index in [1.54, 1.807) is 0 Å². The Morgan fingerprint density at radius 2 is 0.967 bits per heavy atom. The Balaban J connectivity index is 0. The van der Waals surface area contributed by atoms with Crippen LogP contribution in [0.3, 0.4) is 0 Å². The van der Waals surface area contributed by atoms with Gasteiger partial charge in [0.25, 0.3) is 0 Å². The van der Waals surface area contributed by atoms with Crippen molar-refractivity contribution in [2.24, 2.45) is 0 Å². The summed E-state index contributed by atoms with van der Waals surface area (Å²) in [5, 5.41) is 9.21. The average molecular weight is 457 g/mol. The number of unbranched alkanes of at least 4 members (excludes halogenated alkanes) is 15. The Hall–Kier alpha value is 0.870. The molecule has 0 aromatic heterocycles. The summed E-state index contributed by atoms with van der Waals surface area (Å²) < 4.78 is 34.2. The van der Waals surface area contributed by atoms with E-state index in [-0.39, 0.29) is 36.0 Å². The minimum Gasteiger partial charge on any atom is -0.748 e. The van der Waals surface area contributed by atoms with Crippen molar-refractivity contribution in [3.05, 3.63) is 0 Å². The molecule has 0 bridgehead atoms. The first-order chi connectivity index (χ1) is 13.9. The molecule has 176 valence electrons. The third kappa shape index (κ3) is 22.1. The molecule has 0 amide bonds. The second-order valence-electron chi connectivity index (χ2n) is 8.88. The van der Waals surface area contributed by atoms with Crippen LogP contribution in [0.1, 0.15) is 142 Å². The molecule has 0 aliphatic carbocycles. The molecule has 0 radical (unpaired) electrons. The van der Waals surface area contributed by atoms with E-state index < -0.39 is 21.5 Å². The molecule has 0 rings (SSSR count). The van der Waals surface area contributed by atoms with Crippen LogP contribution in [-0.4, -0.2) is 29.4 Å². The van der Waals surface area contributed by atoms with Gasteiger partial charge in [-0.1, -0.05) is 123 Å². The zero-order valence-electron chi connectivity index (χ0n) is 20.4. The quantitative estimate of drug-likeness (QED) is 0.151. The van der Waals surface area contributed by atoms with E-state index in [0.717, 1.165) is 32.1 Å². The van der Waals surface area contributed by atoms with Gasteiger partial charge in [0, 0.05) is 0 Å². The number of aliphatic hydroxyl groups is 1. The molecule has 0 aromatic rings. The van der Waals surface area contributed by atoms with Crippen LogP contribution in [0.15, 0.2) is 0 Å². The fourth-order valence-corrected chi connectivity index (χ4v) is 4.91. The number of rotatable bonds is 22. The van der Waals surface area contributed by atoms with Crippen molar-refractivity contribution in [3.8, 4) is 0 Å². The first-order valence-corrected chi connectivity index (χ1v) is 14.0. The summed E-state index contributed by atoms with van der Waals surface area (Å²) in [5.74, 6) is 0. The average Bonchev–Trinajstić information content (AvgIpc) is 2.67. The van der Waals surface area contributed by atoms with Crippen LogP contribution in [0.2, 0.25) is 0 Å². The zero-order valence-corrected chi connectivity index (χ0v) is 23.2. The van der Waals surface area contributed by atoms with E-state index in [1.165, 1.54) is 77.0 Å². The molecular formula is C24H49NaO4S. The topological polar surface area (TPSA) is 77.4 Å². The molecule has 0 aromatic carbocycles. The summed E-state index contributed by atoms with van der Waals surface area (Å²) in [6.45, 7) is 4.31. The van der Waals surface area contributed by atoms with Gasteiger partial charge in [0.05, 0.1) is 21.5 Å². The van der Waals surface area contributed by atoms with Crippen LogP contribution in [-0.2, 0) is 10.1 Å². The predicted octanol–water partition coefficient (Wildman–Crippen LogP) is 4.11. The van der Waals surface area contributed by atoms with Gasteiger partial charge < -0.3 is 9.66 Å². The molecule has 0 saturated heterocycles. The van der Waals surface area contributed by atoms with Gasteiger partial charge in [-0.25, -0.2) is 8.42 Å². The zero-order chi connectivity index (χ0) is 21.8. The van der Waals surface area contributed by atoms with Gasteiger partial charge in [0.2, 0.25) is 0 Å².